The minimum Gasteiger partial charge on any atom is -0.494 e. The third kappa shape index (κ3) is 2.67. The number of hydrogen-bond acceptors (Lipinski definition) is 4. The molecule has 128 valence electrons. The lowest BCUT2D eigenvalue weighted by Gasteiger charge is -2.13. The van der Waals surface area contributed by atoms with Gasteiger partial charge in [0.2, 0.25) is 0 Å². The smallest absolute Gasteiger partial charge is 0.340 e. The van der Waals surface area contributed by atoms with Crippen LogP contribution in [-0.4, -0.2) is 28.5 Å². The topological polar surface area (TPSA) is 68.5 Å². The van der Waals surface area contributed by atoms with Gasteiger partial charge in [0.15, 0.2) is 11.7 Å². The van der Waals surface area contributed by atoms with E-state index in [-0.39, 0.29) is 17.2 Å². The minimum atomic E-state index is -0.543. The summed E-state index contributed by atoms with van der Waals surface area (Å²) in [6.07, 6.45) is 4.83. The van der Waals surface area contributed by atoms with Gasteiger partial charge in [-0.05, 0) is 37.1 Å². The van der Waals surface area contributed by atoms with Crippen molar-refractivity contribution in [3.05, 3.63) is 58.3 Å². The highest BCUT2D eigenvalue weighted by Gasteiger charge is 2.26. The fourth-order valence-corrected chi connectivity index (χ4v) is 3.20. The lowest BCUT2D eigenvalue weighted by Crippen LogP contribution is -2.07. The van der Waals surface area contributed by atoms with E-state index in [0.717, 1.165) is 11.1 Å². The maximum absolute atomic E-state index is 12.4. The molecule has 1 aliphatic carbocycles. The first kappa shape index (κ1) is 16.8. The van der Waals surface area contributed by atoms with Crippen molar-refractivity contribution >= 4 is 29.5 Å². The molecule has 0 radical (unpaired) electrons. The molecule has 0 bridgehead atoms. The maximum Gasteiger partial charge on any atom is 0.340 e. The van der Waals surface area contributed by atoms with Gasteiger partial charge in [-0.2, -0.15) is 0 Å². The Kier molecular flexibility index (Phi) is 4.31. The molecule has 0 unspecified atom stereocenters. The first-order chi connectivity index (χ1) is 12.0. The Labute approximate surface area is 145 Å². The van der Waals surface area contributed by atoms with Crippen molar-refractivity contribution in [3.63, 3.8) is 0 Å². The number of carbonyl (C=O) groups is 2. The second-order valence-corrected chi connectivity index (χ2v) is 5.78. The summed E-state index contributed by atoms with van der Waals surface area (Å²) < 4.78 is 6.48. The van der Waals surface area contributed by atoms with Crippen LogP contribution in [0.1, 0.15) is 39.7 Å². The van der Waals surface area contributed by atoms with E-state index in [2.05, 4.69) is 0 Å². The third-order valence-electron chi connectivity index (χ3n) is 4.46. The molecule has 0 spiro atoms. The molecule has 1 aromatic carbocycles. The van der Waals surface area contributed by atoms with Gasteiger partial charge in [0, 0.05) is 17.8 Å². The molecule has 0 saturated carbocycles. The van der Waals surface area contributed by atoms with Crippen molar-refractivity contribution in [2.24, 2.45) is 0 Å². The maximum atomic E-state index is 12.4. The minimum absolute atomic E-state index is 0.0484. The fraction of sp³-hybridized carbons (Fsp3) is 0.200. The lowest BCUT2D eigenvalue weighted by atomic mass is 9.90. The SMILES string of the molecule is CCn1c(C)c(C(=O)OC)c(/C=C2\C(=O)C=Cc3ccccc32)c1O. The van der Waals surface area contributed by atoms with E-state index in [9.17, 15) is 14.7 Å². The number of aromatic nitrogens is 1. The van der Waals surface area contributed by atoms with Crippen molar-refractivity contribution in [2.45, 2.75) is 20.4 Å². The molecule has 5 heteroatoms. The van der Waals surface area contributed by atoms with Crippen molar-refractivity contribution < 1.29 is 19.4 Å². The van der Waals surface area contributed by atoms with Gasteiger partial charge in [-0.1, -0.05) is 30.3 Å². The summed E-state index contributed by atoms with van der Waals surface area (Å²) in [5, 5.41) is 10.6. The largest absolute Gasteiger partial charge is 0.494 e. The quantitative estimate of drug-likeness (QED) is 0.688. The Morgan fingerprint density at radius 1 is 1.28 bits per heavy atom. The highest BCUT2D eigenvalue weighted by Crippen LogP contribution is 2.35. The van der Waals surface area contributed by atoms with Gasteiger partial charge in [-0.15, -0.1) is 0 Å². The molecule has 3 rings (SSSR count). The summed E-state index contributed by atoms with van der Waals surface area (Å²) in [5.74, 6) is -0.762. The summed E-state index contributed by atoms with van der Waals surface area (Å²) in [6, 6.07) is 7.51. The van der Waals surface area contributed by atoms with E-state index in [1.807, 2.05) is 31.2 Å². The average molecular weight is 337 g/mol. The van der Waals surface area contributed by atoms with E-state index < -0.39 is 5.97 Å². The molecular formula is C20H19NO4. The van der Waals surface area contributed by atoms with Crippen LogP contribution in [-0.2, 0) is 16.1 Å². The molecule has 25 heavy (non-hydrogen) atoms. The molecule has 0 amide bonds. The van der Waals surface area contributed by atoms with Gasteiger partial charge in [-0.25, -0.2) is 4.79 Å². The summed E-state index contributed by atoms with van der Waals surface area (Å²) >= 11 is 0. The second kappa shape index (κ2) is 6.43. The Morgan fingerprint density at radius 2 is 2.00 bits per heavy atom. The number of esters is 1. The Bertz CT molecular complexity index is 931. The van der Waals surface area contributed by atoms with Crippen LogP contribution in [0.15, 0.2) is 30.3 Å². The van der Waals surface area contributed by atoms with Crippen molar-refractivity contribution in [2.75, 3.05) is 7.11 Å². The van der Waals surface area contributed by atoms with Crippen molar-refractivity contribution in [1.29, 1.82) is 0 Å². The van der Waals surface area contributed by atoms with Gasteiger partial charge in [0.25, 0.3) is 0 Å². The van der Waals surface area contributed by atoms with Crippen LogP contribution >= 0.6 is 0 Å². The first-order valence-corrected chi connectivity index (χ1v) is 8.03. The molecular weight excluding hydrogens is 318 g/mol. The number of ether oxygens (including phenoxy) is 1. The Balaban J connectivity index is 2.27. The monoisotopic (exact) mass is 337 g/mol. The first-order valence-electron chi connectivity index (χ1n) is 8.03. The van der Waals surface area contributed by atoms with Gasteiger partial charge in [-0.3, -0.25) is 4.79 Å². The lowest BCUT2D eigenvalue weighted by molar-refractivity contribution is -0.109. The number of ketones is 1. The van der Waals surface area contributed by atoms with E-state index in [0.29, 0.717) is 23.4 Å². The number of fused-ring (bicyclic) bond motifs is 1. The van der Waals surface area contributed by atoms with Crippen molar-refractivity contribution in [1.82, 2.24) is 4.57 Å². The number of allylic oxidation sites excluding steroid dienone is 2. The van der Waals surface area contributed by atoms with Crippen LogP contribution in [0.5, 0.6) is 5.88 Å². The number of hydrogen-bond donors (Lipinski definition) is 1. The van der Waals surface area contributed by atoms with E-state index in [1.165, 1.54) is 13.2 Å². The number of carbonyl (C=O) groups excluding carboxylic acids is 2. The van der Waals surface area contributed by atoms with Gasteiger partial charge < -0.3 is 14.4 Å². The zero-order valence-electron chi connectivity index (χ0n) is 14.4. The van der Waals surface area contributed by atoms with Crippen molar-refractivity contribution in [3.8, 4) is 5.88 Å². The predicted octanol–water partition coefficient (Wildman–Crippen LogP) is 3.45. The second-order valence-electron chi connectivity index (χ2n) is 5.78. The fourth-order valence-electron chi connectivity index (χ4n) is 3.20. The number of nitrogens with zero attached hydrogens (tertiary/aromatic N) is 1. The standard InChI is InChI=1S/C20H19NO4/c1-4-21-12(2)18(20(24)25-3)16(19(21)23)11-15-14-8-6-5-7-13(14)9-10-17(15)22/h5-11,23H,4H2,1-3H3/b15-11-. The number of aromatic hydroxyl groups is 1. The number of benzene rings is 1. The normalized spacial score (nSPS) is 14.7. The van der Waals surface area contributed by atoms with Crippen LogP contribution in [0, 0.1) is 6.92 Å². The molecule has 1 heterocycles. The average Bonchev–Trinajstić information content (AvgIpc) is 2.86. The van der Waals surface area contributed by atoms with Crippen LogP contribution < -0.4 is 0 Å². The Hall–Kier alpha value is -3.08. The highest BCUT2D eigenvalue weighted by atomic mass is 16.5. The number of rotatable bonds is 3. The van der Waals surface area contributed by atoms with Gasteiger partial charge in [0.1, 0.15) is 0 Å². The molecule has 2 aromatic rings. The summed E-state index contributed by atoms with van der Waals surface area (Å²) in [6.45, 7) is 4.11. The Morgan fingerprint density at radius 3 is 2.68 bits per heavy atom. The van der Waals surface area contributed by atoms with Crippen LogP contribution in [0.4, 0.5) is 0 Å². The molecule has 0 saturated heterocycles. The zero-order chi connectivity index (χ0) is 18.1. The van der Waals surface area contributed by atoms with Crippen LogP contribution in [0.25, 0.3) is 17.7 Å². The molecule has 1 aromatic heterocycles. The molecule has 0 atom stereocenters. The predicted molar refractivity (Wildman–Crippen MR) is 96.2 cm³/mol. The van der Waals surface area contributed by atoms with Crippen LogP contribution in [0.2, 0.25) is 0 Å². The molecule has 0 aliphatic heterocycles. The third-order valence-corrected chi connectivity index (χ3v) is 4.46. The molecule has 0 fully saturated rings. The molecule has 1 aliphatic rings. The van der Waals surface area contributed by atoms with E-state index in [1.54, 1.807) is 23.6 Å². The number of methoxy groups -OCH3 is 1. The van der Waals surface area contributed by atoms with E-state index >= 15 is 0 Å². The molecule has 1 N–H and O–H groups in total. The summed E-state index contributed by atoms with van der Waals surface area (Å²) in [4.78, 5) is 24.7. The zero-order valence-corrected chi connectivity index (χ0v) is 14.4. The summed E-state index contributed by atoms with van der Waals surface area (Å²) in [5.41, 5.74) is 3.30. The summed E-state index contributed by atoms with van der Waals surface area (Å²) in [7, 11) is 1.29. The highest BCUT2D eigenvalue weighted by molar-refractivity contribution is 6.33. The van der Waals surface area contributed by atoms with Gasteiger partial charge >= 0.3 is 5.97 Å². The van der Waals surface area contributed by atoms with Gasteiger partial charge in [0.05, 0.1) is 18.2 Å². The van der Waals surface area contributed by atoms with Crippen LogP contribution in [0.3, 0.4) is 0 Å². The van der Waals surface area contributed by atoms with E-state index in [4.69, 9.17) is 4.74 Å². The molecule has 5 nitrogen and oxygen atoms in total.